The fourth-order valence-electron chi connectivity index (χ4n) is 1.97. The molecule has 2 rings (SSSR count). The van der Waals surface area contributed by atoms with Crippen LogP contribution >= 0.6 is 0 Å². The van der Waals surface area contributed by atoms with Crippen LogP contribution in [0.2, 0.25) is 0 Å². The summed E-state index contributed by atoms with van der Waals surface area (Å²) in [5.74, 6) is 0.103. The van der Waals surface area contributed by atoms with Gasteiger partial charge in [-0.3, -0.25) is 4.98 Å². The van der Waals surface area contributed by atoms with Crippen molar-refractivity contribution in [1.29, 1.82) is 0 Å². The van der Waals surface area contributed by atoms with Gasteiger partial charge >= 0.3 is 0 Å². The first kappa shape index (κ1) is 11.8. The topological polar surface area (TPSA) is 64.9 Å². The molecule has 3 heteroatoms. The first-order valence-corrected chi connectivity index (χ1v) is 5.74. The lowest BCUT2D eigenvalue weighted by Gasteiger charge is -2.22. The molecule has 2 unspecified atom stereocenters. The predicted molar refractivity (Wildman–Crippen MR) is 69.4 cm³/mol. The monoisotopic (exact) mass is 227 g/mol. The molecule has 0 aliphatic carbocycles. The van der Waals surface area contributed by atoms with E-state index in [1.807, 2.05) is 36.4 Å². The standard InChI is InChI=1S/C14H17N3/c15-10-12(11-6-2-1-3-7-11)14(16)13-8-4-5-9-17-13/h1-9,12,14H,10,15-16H2. The van der Waals surface area contributed by atoms with Crippen molar-refractivity contribution in [3.05, 3.63) is 66.0 Å². The molecule has 0 spiro atoms. The van der Waals surface area contributed by atoms with Gasteiger partial charge in [0, 0.05) is 18.7 Å². The van der Waals surface area contributed by atoms with Crippen molar-refractivity contribution >= 4 is 0 Å². The van der Waals surface area contributed by atoms with E-state index in [9.17, 15) is 0 Å². The first-order chi connectivity index (χ1) is 8.33. The van der Waals surface area contributed by atoms with Crippen molar-refractivity contribution in [2.24, 2.45) is 11.5 Å². The average Bonchev–Trinajstić information content (AvgIpc) is 2.42. The molecule has 1 heterocycles. The van der Waals surface area contributed by atoms with Crippen LogP contribution in [0.1, 0.15) is 23.2 Å². The Hall–Kier alpha value is -1.71. The number of benzene rings is 1. The Balaban J connectivity index is 2.25. The molecule has 2 atom stereocenters. The first-order valence-electron chi connectivity index (χ1n) is 5.74. The molecule has 0 amide bonds. The smallest absolute Gasteiger partial charge is 0.0577 e. The second-order valence-electron chi connectivity index (χ2n) is 4.03. The maximum Gasteiger partial charge on any atom is 0.0577 e. The summed E-state index contributed by atoms with van der Waals surface area (Å²) in [5, 5.41) is 0. The summed E-state index contributed by atoms with van der Waals surface area (Å²) in [5.41, 5.74) is 14.1. The summed E-state index contributed by atoms with van der Waals surface area (Å²) in [6, 6.07) is 15.7. The van der Waals surface area contributed by atoms with Crippen molar-refractivity contribution in [1.82, 2.24) is 4.98 Å². The minimum atomic E-state index is -0.163. The number of pyridine rings is 1. The minimum absolute atomic E-state index is 0.103. The maximum absolute atomic E-state index is 6.24. The van der Waals surface area contributed by atoms with Gasteiger partial charge < -0.3 is 11.5 Å². The van der Waals surface area contributed by atoms with E-state index in [4.69, 9.17) is 11.5 Å². The van der Waals surface area contributed by atoms with Crippen molar-refractivity contribution in [3.63, 3.8) is 0 Å². The molecule has 0 bridgehead atoms. The van der Waals surface area contributed by atoms with Gasteiger partial charge in [-0.1, -0.05) is 36.4 Å². The highest BCUT2D eigenvalue weighted by Gasteiger charge is 2.20. The molecule has 17 heavy (non-hydrogen) atoms. The highest BCUT2D eigenvalue weighted by Crippen LogP contribution is 2.26. The van der Waals surface area contributed by atoms with Gasteiger partial charge in [0.15, 0.2) is 0 Å². The second kappa shape index (κ2) is 5.57. The summed E-state index contributed by atoms with van der Waals surface area (Å²) in [7, 11) is 0. The van der Waals surface area contributed by atoms with E-state index in [1.165, 1.54) is 0 Å². The Morgan fingerprint density at radius 2 is 1.71 bits per heavy atom. The van der Waals surface area contributed by atoms with Crippen molar-refractivity contribution in [2.45, 2.75) is 12.0 Å². The van der Waals surface area contributed by atoms with E-state index >= 15 is 0 Å². The lowest BCUT2D eigenvalue weighted by Crippen LogP contribution is -2.26. The lowest BCUT2D eigenvalue weighted by atomic mass is 9.90. The third-order valence-electron chi connectivity index (χ3n) is 2.94. The van der Waals surface area contributed by atoms with Crippen LogP contribution in [-0.4, -0.2) is 11.5 Å². The van der Waals surface area contributed by atoms with Crippen LogP contribution in [0.25, 0.3) is 0 Å². The normalized spacial score (nSPS) is 14.2. The molecule has 0 fully saturated rings. The van der Waals surface area contributed by atoms with Gasteiger partial charge in [-0.2, -0.15) is 0 Å². The fourth-order valence-corrected chi connectivity index (χ4v) is 1.97. The van der Waals surface area contributed by atoms with Crippen LogP contribution in [0, 0.1) is 0 Å². The molecule has 0 saturated heterocycles. The molecule has 4 N–H and O–H groups in total. The average molecular weight is 227 g/mol. The quantitative estimate of drug-likeness (QED) is 0.837. The predicted octanol–water partition coefficient (Wildman–Crippen LogP) is 1.82. The Labute approximate surface area is 101 Å². The van der Waals surface area contributed by atoms with Crippen LogP contribution in [-0.2, 0) is 0 Å². The molecule has 0 saturated carbocycles. The Morgan fingerprint density at radius 1 is 1.00 bits per heavy atom. The minimum Gasteiger partial charge on any atom is -0.330 e. The zero-order valence-electron chi connectivity index (χ0n) is 9.66. The fraction of sp³-hybridized carbons (Fsp3) is 0.214. The maximum atomic E-state index is 6.24. The third kappa shape index (κ3) is 2.70. The number of hydrogen-bond acceptors (Lipinski definition) is 3. The number of rotatable bonds is 4. The zero-order chi connectivity index (χ0) is 12.1. The van der Waals surface area contributed by atoms with Crippen molar-refractivity contribution < 1.29 is 0 Å². The summed E-state index contributed by atoms with van der Waals surface area (Å²) >= 11 is 0. The number of nitrogens with two attached hydrogens (primary N) is 2. The van der Waals surface area contributed by atoms with Crippen LogP contribution in [0.3, 0.4) is 0 Å². The number of hydrogen-bond donors (Lipinski definition) is 2. The molecule has 88 valence electrons. The summed E-state index contributed by atoms with van der Waals surface area (Å²) in [6.07, 6.45) is 1.76. The van der Waals surface area contributed by atoms with Crippen LogP contribution in [0.5, 0.6) is 0 Å². The van der Waals surface area contributed by atoms with Crippen molar-refractivity contribution in [3.8, 4) is 0 Å². The SMILES string of the molecule is NCC(c1ccccc1)C(N)c1ccccn1. The highest BCUT2D eigenvalue weighted by atomic mass is 14.8. The molecule has 1 aromatic heterocycles. The van der Waals surface area contributed by atoms with Gasteiger partial charge in [0.05, 0.1) is 11.7 Å². The Kier molecular flexibility index (Phi) is 3.85. The zero-order valence-corrected chi connectivity index (χ0v) is 9.66. The molecule has 0 radical (unpaired) electrons. The van der Waals surface area contributed by atoms with Gasteiger partial charge in [-0.05, 0) is 17.7 Å². The van der Waals surface area contributed by atoms with E-state index in [0.717, 1.165) is 11.3 Å². The van der Waals surface area contributed by atoms with Crippen LogP contribution < -0.4 is 11.5 Å². The Bertz CT molecular complexity index is 442. The molecular weight excluding hydrogens is 210 g/mol. The highest BCUT2D eigenvalue weighted by molar-refractivity contribution is 5.24. The summed E-state index contributed by atoms with van der Waals surface area (Å²) in [4.78, 5) is 4.29. The van der Waals surface area contributed by atoms with E-state index in [0.29, 0.717) is 6.54 Å². The summed E-state index contributed by atoms with van der Waals surface area (Å²) < 4.78 is 0. The van der Waals surface area contributed by atoms with Crippen molar-refractivity contribution in [2.75, 3.05) is 6.54 Å². The van der Waals surface area contributed by atoms with Gasteiger partial charge in [-0.15, -0.1) is 0 Å². The van der Waals surface area contributed by atoms with Crippen LogP contribution in [0.15, 0.2) is 54.7 Å². The van der Waals surface area contributed by atoms with Gasteiger partial charge in [0.2, 0.25) is 0 Å². The van der Waals surface area contributed by atoms with E-state index in [-0.39, 0.29) is 12.0 Å². The van der Waals surface area contributed by atoms with Crippen LogP contribution in [0.4, 0.5) is 0 Å². The molecule has 2 aromatic rings. The second-order valence-corrected chi connectivity index (χ2v) is 4.03. The Morgan fingerprint density at radius 3 is 2.29 bits per heavy atom. The molecule has 0 aliphatic heterocycles. The van der Waals surface area contributed by atoms with Gasteiger partial charge in [-0.25, -0.2) is 0 Å². The largest absolute Gasteiger partial charge is 0.330 e. The van der Waals surface area contributed by atoms with Gasteiger partial charge in [0.1, 0.15) is 0 Å². The number of aromatic nitrogens is 1. The molecule has 1 aromatic carbocycles. The van der Waals surface area contributed by atoms with E-state index in [1.54, 1.807) is 6.20 Å². The van der Waals surface area contributed by atoms with Gasteiger partial charge in [0.25, 0.3) is 0 Å². The summed E-state index contributed by atoms with van der Waals surface area (Å²) in [6.45, 7) is 0.516. The third-order valence-corrected chi connectivity index (χ3v) is 2.94. The van der Waals surface area contributed by atoms with E-state index in [2.05, 4.69) is 17.1 Å². The molecular formula is C14H17N3. The lowest BCUT2D eigenvalue weighted by molar-refractivity contribution is 0.550. The number of nitrogens with zero attached hydrogens (tertiary/aromatic N) is 1. The molecule has 3 nitrogen and oxygen atoms in total. The molecule has 0 aliphatic rings. The van der Waals surface area contributed by atoms with E-state index < -0.39 is 0 Å².